The SMILES string of the molecule is O=C1CC[C@H](O)N1Cc1ccccc1. The minimum Gasteiger partial charge on any atom is -0.373 e. The van der Waals surface area contributed by atoms with Gasteiger partial charge < -0.3 is 10.0 Å². The number of likely N-dealkylation sites (tertiary alicyclic amines) is 1. The van der Waals surface area contributed by atoms with Crippen molar-refractivity contribution >= 4 is 5.91 Å². The van der Waals surface area contributed by atoms with Crippen LogP contribution in [0.5, 0.6) is 0 Å². The first kappa shape index (κ1) is 9.21. The number of aliphatic hydroxyl groups excluding tert-OH is 1. The predicted molar refractivity (Wildman–Crippen MR) is 52.2 cm³/mol. The summed E-state index contributed by atoms with van der Waals surface area (Å²) >= 11 is 0. The van der Waals surface area contributed by atoms with Crippen molar-refractivity contribution in [2.75, 3.05) is 0 Å². The van der Waals surface area contributed by atoms with Crippen LogP contribution in [0.4, 0.5) is 0 Å². The molecule has 0 aromatic heterocycles. The highest BCUT2D eigenvalue weighted by Crippen LogP contribution is 2.18. The summed E-state index contributed by atoms with van der Waals surface area (Å²) in [5, 5.41) is 9.53. The van der Waals surface area contributed by atoms with Crippen molar-refractivity contribution in [1.82, 2.24) is 4.90 Å². The molecule has 0 aliphatic carbocycles. The zero-order chi connectivity index (χ0) is 9.97. The number of hydrogen-bond donors (Lipinski definition) is 1. The van der Waals surface area contributed by atoms with Crippen LogP contribution in [0.3, 0.4) is 0 Å². The number of amides is 1. The van der Waals surface area contributed by atoms with Gasteiger partial charge in [-0.1, -0.05) is 30.3 Å². The Morgan fingerprint density at radius 3 is 2.64 bits per heavy atom. The van der Waals surface area contributed by atoms with Crippen LogP contribution in [0.2, 0.25) is 0 Å². The molecule has 1 aliphatic rings. The standard InChI is InChI=1S/C11H13NO2/c13-10-6-7-11(14)12(10)8-9-4-2-1-3-5-9/h1-5,10,13H,6-8H2/t10-/m0/s1. The molecule has 1 aromatic rings. The van der Waals surface area contributed by atoms with Crippen LogP contribution in [0.15, 0.2) is 30.3 Å². The van der Waals surface area contributed by atoms with E-state index in [1.807, 2.05) is 30.3 Å². The number of carbonyl (C=O) groups excluding carboxylic acids is 1. The zero-order valence-electron chi connectivity index (χ0n) is 7.89. The normalized spacial score (nSPS) is 21.6. The average molecular weight is 191 g/mol. The fraction of sp³-hybridized carbons (Fsp3) is 0.364. The van der Waals surface area contributed by atoms with Crippen LogP contribution in [0.25, 0.3) is 0 Å². The molecule has 1 N–H and O–H groups in total. The summed E-state index contributed by atoms with van der Waals surface area (Å²) < 4.78 is 0. The molecular weight excluding hydrogens is 178 g/mol. The van der Waals surface area contributed by atoms with E-state index in [2.05, 4.69) is 0 Å². The smallest absolute Gasteiger partial charge is 0.225 e. The molecule has 1 aliphatic heterocycles. The third-order valence-corrected chi connectivity index (χ3v) is 2.49. The van der Waals surface area contributed by atoms with Gasteiger partial charge in [-0.3, -0.25) is 4.79 Å². The van der Waals surface area contributed by atoms with E-state index in [1.54, 1.807) is 0 Å². The summed E-state index contributed by atoms with van der Waals surface area (Å²) in [5.41, 5.74) is 1.06. The predicted octanol–water partition coefficient (Wildman–Crippen LogP) is 1.13. The zero-order valence-corrected chi connectivity index (χ0v) is 7.89. The Kier molecular flexibility index (Phi) is 2.50. The van der Waals surface area contributed by atoms with Crippen molar-refractivity contribution in [1.29, 1.82) is 0 Å². The van der Waals surface area contributed by atoms with Crippen molar-refractivity contribution in [3.05, 3.63) is 35.9 Å². The van der Waals surface area contributed by atoms with Crippen LogP contribution in [-0.2, 0) is 11.3 Å². The van der Waals surface area contributed by atoms with E-state index >= 15 is 0 Å². The van der Waals surface area contributed by atoms with Crippen molar-refractivity contribution in [2.45, 2.75) is 25.6 Å². The highest BCUT2D eigenvalue weighted by molar-refractivity contribution is 5.78. The summed E-state index contributed by atoms with van der Waals surface area (Å²) in [6.45, 7) is 0.515. The third kappa shape index (κ3) is 1.77. The fourth-order valence-electron chi connectivity index (χ4n) is 1.69. The molecule has 0 saturated carbocycles. The van der Waals surface area contributed by atoms with Gasteiger partial charge in [0, 0.05) is 19.4 Å². The Balaban J connectivity index is 2.07. The van der Waals surface area contributed by atoms with Gasteiger partial charge in [0.05, 0.1) is 0 Å². The first-order chi connectivity index (χ1) is 6.77. The summed E-state index contributed by atoms with van der Waals surface area (Å²) in [6.07, 6.45) is 0.433. The molecule has 2 rings (SSSR count). The minimum absolute atomic E-state index is 0.0429. The van der Waals surface area contributed by atoms with Crippen LogP contribution < -0.4 is 0 Å². The average Bonchev–Trinajstić information content (AvgIpc) is 2.51. The van der Waals surface area contributed by atoms with E-state index in [4.69, 9.17) is 0 Å². The Labute approximate surface area is 83.0 Å². The third-order valence-electron chi connectivity index (χ3n) is 2.49. The number of rotatable bonds is 2. The molecule has 1 saturated heterocycles. The quantitative estimate of drug-likeness (QED) is 0.761. The maximum absolute atomic E-state index is 11.4. The Hall–Kier alpha value is -1.35. The Morgan fingerprint density at radius 1 is 1.36 bits per heavy atom. The number of hydrogen-bond acceptors (Lipinski definition) is 2. The molecule has 1 heterocycles. The number of benzene rings is 1. The van der Waals surface area contributed by atoms with E-state index in [1.165, 1.54) is 4.90 Å². The molecule has 0 radical (unpaired) electrons. The number of aliphatic hydroxyl groups is 1. The minimum atomic E-state index is -0.595. The van der Waals surface area contributed by atoms with Crippen LogP contribution in [0.1, 0.15) is 18.4 Å². The highest BCUT2D eigenvalue weighted by Gasteiger charge is 2.28. The van der Waals surface area contributed by atoms with Crippen molar-refractivity contribution < 1.29 is 9.90 Å². The molecule has 3 heteroatoms. The molecule has 3 nitrogen and oxygen atoms in total. The van der Waals surface area contributed by atoms with Crippen molar-refractivity contribution in [3.8, 4) is 0 Å². The van der Waals surface area contributed by atoms with E-state index in [0.717, 1.165) is 5.56 Å². The lowest BCUT2D eigenvalue weighted by molar-refractivity contribution is -0.134. The topological polar surface area (TPSA) is 40.5 Å². The lowest BCUT2D eigenvalue weighted by Crippen LogP contribution is -2.31. The highest BCUT2D eigenvalue weighted by atomic mass is 16.3. The first-order valence-electron chi connectivity index (χ1n) is 4.79. The van der Waals surface area contributed by atoms with Gasteiger partial charge in [0.15, 0.2) is 0 Å². The Morgan fingerprint density at radius 2 is 2.07 bits per heavy atom. The van der Waals surface area contributed by atoms with Crippen LogP contribution >= 0.6 is 0 Å². The first-order valence-corrected chi connectivity index (χ1v) is 4.79. The largest absolute Gasteiger partial charge is 0.373 e. The molecule has 74 valence electrons. The lowest BCUT2D eigenvalue weighted by atomic mass is 10.2. The number of carbonyl (C=O) groups is 1. The lowest BCUT2D eigenvalue weighted by Gasteiger charge is -2.20. The summed E-state index contributed by atoms with van der Waals surface area (Å²) in [7, 11) is 0. The fourth-order valence-corrected chi connectivity index (χ4v) is 1.69. The van der Waals surface area contributed by atoms with Crippen LogP contribution in [0, 0.1) is 0 Å². The van der Waals surface area contributed by atoms with E-state index in [0.29, 0.717) is 19.4 Å². The summed E-state index contributed by atoms with van der Waals surface area (Å²) in [5.74, 6) is 0.0429. The molecule has 0 spiro atoms. The second-order valence-electron chi connectivity index (χ2n) is 3.53. The van der Waals surface area contributed by atoms with Gasteiger partial charge in [0.1, 0.15) is 6.23 Å². The monoisotopic (exact) mass is 191 g/mol. The van der Waals surface area contributed by atoms with E-state index < -0.39 is 6.23 Å². The number of nitrogens with zero attached hydrogens (tertiary/aromatic N) is 1. The summed E-state index contributed by atoms with van der Waals surface area (Å²) in [4.78, 5) is 12.9. The molecule has 1 atom stereocenters. The molecule has 1 amide bonds. The second-order valence-corrected chi connectivity index (χ2v) is 3.53. The van der Waals surface area contributed by atoms with Gasteiger partial charge in [-0.25, -0.2) is 0 Å². The van der Waals surface area contributed by atoms with Gasteiger partial charge >= 0.3 is 0 Å². The van der Waals surface area contributed by atoms with Gasteiger partial charge in [-0.2, -0.15) is 0 Å². The van der Waals surface area contributed by atoms with E-state index in [9.17, 15) is 9.90 Å². The molecular formula is C11H13NO2. The van der Waals surface area contributed by atoms with Gasteiger partial charge in [-0.15, -0.1) is 0 Å². The molecule has 1 aromatic carbocycles. The maximum atomic E-state index is 11.4. The molecule has 0 unspecified atom stereocenters. The second kappa shape index (κ2) is 3.80. The van der Waals surface area contributed by atoms with Gasteiger partial charge in [0.2, 0.25) is 5.91 Å². The van der Waals surface area contributed by atoms with Gasteiger partial charge in [0.25, 0.3) is 0 Å². The molecule has 14 heavy (non-hydrogen) atoms. The van der Waals surface area contributed by atoms with Crippen molar-refractivity contribution in [2.24, 2.45) is 0 Å². The molecule has 0 bridgehead atoms. The van der Waals surface area contributed by atoms with Crippen LogP contribution in [-0.4, -0.2) is 22.1 Å². The molecule has 1 fully saturated rings. The van der Waals surface area contributed by atoms with Gasteiger partial charge in [-0.05, 0) is 5.56 Å². The summed E-state index contributed by atoms with van der Waals surface area (Å²) in [6, 6.07) is 9.72. The van der Waals surface area contributed by atoms with E-state index in [-0.39, 0.29) is 5.91 Å². The Bertz CT molecular complexity index is 323. The van der Waals surface area contributed by atoms with Crippen molar-refractivity contribution in [3.63, 3.8) is 0 Å². The maximum Gasteiger partial charge on any atom is 0.225 e.